The SMILES string of the molecule is C1CCN(C2=NC3=NC4=C(CCC4)C4=NCCN2N34)CC1. The number of guanidine groups is 2. The summed E-state index contributed by atoms with van der Waals surface area (Å²) in [4.78, 5) is 16.9. The van der Waals surface area contributed by atoms with Crippen LogP contribution >= 0.6 is 0 Å². The summed E-state index contributed by atoms with van der Waals surface area (Å²) in [6.07, 6.45) is 7.30. The Labute approximate surface area is 124 Å². The topological polar surface area (TPSA) is 46.8 Å². The molecule has 0 unspecified atom stereocenters. The van der Waals surface area contributed by atoms with Gasteiger partial charge in [-0.2, -0.15) is 10.0 Å². The number of aliphatic imine (C=N–C) groups is 3. The molecule has 1 fully saturated rings. The number of rotatable bonds is 0. The van der Waals surface area contributed by atoms with E-state index in [9.17, 15) is 0 Å². The maximum absolute atomic E-state index is 4.87. The van der Waals surface area contributed by atoms with Gasteiger partial charge in [0.05, 0.1) is 18.8 Å². The van der Waals surface area contributed by atoms with E-state index in [2.05, 4.69) is 14.9 Å². The van der Waals surface area contributed by atoms with Gasteiger partial charge in [0.2, 0.25) is 5.96 Å². The van der Waals surface area contributed by atoms with E-state index in [1.165, 1.54) is 37.0 Å². The van der Waals surface area contributed by atoms with Gasteiger partial charge in [0, 0.05) is 18.7 Å². The molecule has 6 heteroatoms. The second-order valence-electron chi connectivity index (χ2n) is 6.29. The van der Waals surface area contributed by atoms with Crippen molar-refractivity contribution in [3.63, 3.8) is 0 Å². The predicted molar refractivity (Wildman–Crippen MR) is 82.0 cm³/mol. The van der Waals surface area contributed by atoms with Gasteiger partial charge in [-0.1, -0.05) is 0 Å². The minimum Gasteiger partial charge on any atom is -0.341 e. The molecule has 0 amide bonds. The Morgan fingerprint density at radius 1 is 0.857 bits per heavy atom. The third kappa shape index (κ3) is 1.61. The fourth-order valence-corrected chi connectivity index (χ4v) is 3.95. The number of hydrogen-bond donors (Lipinski definition) is 0. The van der Waals surface area contributed by atoms with Gasteiger partial charge in [-0.05, 0) is 38.5 Å². The molecule has 110 valence electrons. The quantitative estimate of drug-likeness (QED) is 0.678. The minimum absolute atomic E-state index is 0.842. The smallest absolute Gasteiger partial charge is 0.254 e. The largest absolute Gasteiger partial charge is 0.341 e. The molecule has 0 N–H and O–H groups in total. The van der Waals surface area contributed by atoms with Crippen molar-refractivity contribution >= 4 is 17.8 Å². The van der Waals surface area contributed by atoms with Crippen molar-refractivity contribution in [2.75, 3.05) is 26.2 Å². The molecule has 4 heterocycles. The van der Waals surface area contributed by atoms with Gasteiger partial charge in [-0.25, -0.2) is 10.0 Å². The summed E-state index contributed by atoms with van der Waals surface area (Å²) in [5.41, 5.74) is 2.59. The molecule has 0 spiro atoms. The summed E-state index contributed by atoms with van der Waals surface area (Å²) in [5, 5.41) is 4.46. The van der Waals surface area contributed by atoms with Crippen molar-refractivity contribution in [1.82, 2.24) is 14.9 Å². The third-order valence-electron chi connectivity index (χ3n) is 4.97. The van der Waals surface area contributed by atoms with E-state index in [0.717, 1.165) is 56.8 Å². The molecule has 1 aliphatic carbocycles. The van der Waals surface area contributed by atoms with E-state index in [1.807, 2.05) is 0 Å². The van der Waals surface area contributed by atoms with E-state index in [0.29, 0.717) is 0 Å². The number of fused-ring (bicyclic) bond motifs is 1. The number of amidine groups is 1. The highest BCUT2D eigenvalue weighted by molar-refractivity contribution is 6.17. The van der Waals surface area contributed by atoms with Gasteiger partial charge in [0.25, 0.3) is 5.96 Å². The summed E-state index contributed by atoms with van der Waals surface area (Å²) >= 11 is 0. The monoisotopic (exact) mass is 284 g/mol. The van der Waals surface area contributed by atoms with Crippen LogP contribution in [-0.4, -0.2) is 58.9 Å². The van der Waals surface area contributed by atoms with Crippen LogP contribution in [0.15, 0.2) is 26.2 Å². The second kappa shape index (κ2) is 4.32. The number of hydrogen-bond acceptors (Lipinski definition) is 6. The molecule has 21 heavy (non-hydrogen) atoms. The highest BCUT2D eigenvalue weighted by atomic mass is 15.8. The molecule has 1 saturated heterocycles. The molecule has 0 atom stereocenters. The van der Waals surface area contributed by atoms with Crippen molar-refractivity contribution in [2.45, 2.75) is 38.5 Å². The molecule has 4 aliphatic heterocycles. The molecule has 0 radical (unpaired) electrons. The molecule has 0 saturated carbocycles. The van der Waals surface area contributed by atoms with Gasteiger partial charge in [0.1, 0.15) is 0 Å². The lowest BCUT2D eigenvalue weighted by molar-refractivity contribution is 0.181. The van der Waals surface area contributed by atoms with Gasteiger partial charge in [-0.15, -0.1) is 0 Å². The standard InChI is InChI=1S/C15H20N6/c1-2-8-19(9-3-1)15-18-14-17-12-6-4-5-11(12)13-16-7-10-20(15)21(13)14/h1-10H2. The van der Waals surface area contributed by atoms with Crippen LogP contribution in [0, 0.1) is 0 Å². The zero-order valence-corrected chi connectivity index (χ0v) is 12.3. The lowest BCUT2D eigenvalue weighted by Crippen LogP contribution is -2.56. The normalized spacial score (nSPS) is 27.4. The van der Waals surface area contributed by atoms with Crippen LogP contribution < -0.4 is 0 Å². The van der Waals surface area contributed by atoms with Crippen molar-refractivity contribution < 1.29 is 0 Å². The van der Waals surface area contributed by atoms with E-state index >= 15 is 0 Å². The average molecular weight is 284 g/mol. The van der Waals surface area contributed by atoms with Gasteiger partial charge >= 0.3 is 0 Å². The maximum Gasteiger partial charge on any atom is 0.254 e. The third-order valence-corrected chi connectivity index (χ3v) is 4.97. The zero-order valence-electron chi connectivity index (χ0n) is 12.3. The molecule has 5 aliphatic rings. The Balaban J connectivity index is 1.56. The molecule has 0 bridgehead atoms. The number of hydrazine groups is 1. The number of allylic oxidation sites excluding steroid dienone is 1. The Hall–Kier alpha value is -1.85. The Bertz CT molecular complexity index is 608. The number of likely N-dealkylation sites (tertiary alicyclic amines) is 1. The van der Waals surface area contributed by atoms with E-state index < -0.39 is 0 Å². The van der Waals surface area contributed by atoms with Crippen LogP contribution in [0.2, 0.25) is 0 Å². The molecule has 0 aromatic heterocycles. The molecule has 5 rings (SSSR count). The van der Waals surface area contributed by atoms with E-state index in [1.54, 1.807) is 0 Å². The minimum atomic E-state index is 0.842. The average Bonchev–Trinajstić information content (AvgIpc) is 3.15. The van der Waals surface area contributed by atoms with Crippen LogP contribution in [0.5, 0.6) is 0 Å². The first-order valence-electron chi connectivity index (χ1n) is 8.18. The van der Waals surface area contributed by atoms with Crippen LogP contribution in [0.1, 0.15) is 38.5 Å². The molecular formula is C15H20N6. The number of nitrogens with zero attached hydrogens (tertiary/aromatic N) is 6. The lowest BCUT2D eigenvalue weighted by atomic mass is 10.1. The first-order valence-corrected chi connectivity index (χ1v) is 8.18. The Morgan fingerprint density at radius 2 is 1.76 bits per heavy atom. The lowest BCUT2D eigenvalue weighted by Gasteiger charge is -2.40. The summed E-state index contributed by atoms with van der Waals surface area (Å²) in [6, 6.07) is 0. The zero-order chi connectivity index (χ0) is 13.8. The molecule has 0 aromatic carbocycles. The van der Waals surface area contributed by atoms with E-state index in [4.69, 9.17) is 15.0 Å². The van der Waals surface area contributed by atoms with Crippen LogP contribution in [0.3, 0.4) is 0 Å². The molecule has 6 nitrogen and oxygen atoms in total. The van der Waals surface area contributed by atoms with Crippen LogP contribution in [0.25, 0.3) is 0 Å². The summed E-state index contributed by atoms with van der Waals surface area (Å²) in [7, 11) is 0. The fraction of sp³-hybridized carbons (Fsp3) is 0.667. The van der Waals surface area contributed by atoms with Crippen molar-refractivity contribution in [3.8, 4) is 0 Å². The first-order chi connectivity index (χ1) is 10.4. The first kappa shape index (κ1) is 11.8. The van der Waals surface area contributed by atoms with Crippen LogP contribution in [0.4, 0.5) is 0 Å². The Kier molecular flexibility index (Phi) is 2.42. The maximum atomic E-state index is 4.87. The molecular weight excluding hydrogens is 264 g/mol. The highest BCUT2D eigenvalue weighted by Gasteiger charge is 2.43. The fourth-order valence-electron chi connectivity index (χ4n) is 3.95. The van der Waals surface area contributed by atoms with Crippen molar-refractivity contribution in [2.24, 2.45) is 15.0 Å². The highest BCUT2D eigenvalue weighted by Crippen LogP contribution is 2.36. The summed E-state index contributed by atoms with van der Waals surface area (Å²) < 4.78 is 0. The molecule has 0 aromatic rings. The van der Waals surface area contributed by atoms with E-state index in [-0.39, 0.29) is 0 Å². The van der Waals surface area contributed by atoms with Gasteiger partial charge in [-0.3, -0.25) is 4.99 Å². The summed E-state index contributed by atoms with van der Waals surface area (Å²) in [6.45, 7) is 4.02. The second-order valence-corrected chi connectivity index (χ2v) is 6.29. The van der Waals surface area contributed by atoms with Crippen molar-refractivity contribution in [3.05, 3.63) is 11.3 Å². The summed E-state index contributed by atoms with van der Waals surface area (Å²) in [5.74, 6) is 3.06. The Morgan fingerprint density at radius 3 is 2.67 bits per heavy atom. The van der Waals surface area contributed by atoms with Gasteiger partial charge < -0.3 is 4.90 Å². The van der Waals surface area contributed by atoms with Crippen LogP contribution in [-0.2, 0) is 0 Å². The van der Waals surface area contributed by atoms with Crippen molar-refractivity contribution in [1.29, 1.82) is 0 Å². The van der Waals surface area contributed by atoms with Gasteiger partial charge in [0.15, 0.2) is 5.84 Å². The predicted octanol–water partition coefficient (Wildman–Crippen LogP) is 1.58. The number of piperidine rings is 1.